The number of para-hydroxylation sites is 3. The predicted molar refractivity (Wildman–Crippen MR) is 151 cm³/mol. The van der Waals surface area contributed by atoms with Crippen molar-refractivity contribution in [1.82, 2.24) is 0 Å². The van der Waals surface area contributed by atoms with Gasteiger partial charge in [-0.1, -0.05) is 36.4 Å². The fourth-order valence-electron chi connectivity index (χ4n) is 4.71. The second-order valence-electron chi connectivity index (χ2n) is 11.8. The van der Waals surface area contributed by atoms with Gasteiger partial charge in [0.25, 0.3) is 0 Å². The molecule has 0 atom stereocenters. The van der Waals surface area contributed by atoms with Crippen molar-refractivity contribution < 1.29 is 18.3 Å². The molecule has 0 aliphatic carbocycles. The van der Waals surface area contributed by atoms with Crippen LogP contribution in [0.1, 0.15) is 18.4 Å². The number of aryl methyl sites for hydroxylation is 1. The number of anilines is 1. The average Bonchev–Trinajstić information content (AvgIpc) is 3.16. The molecule has 0 spiro atoms. The maximum Gasteiger partial charge on any atom is 0.213 e. The van der Waals surface area contributed by atoms with Crippen molar-refractivity contribution in [2.45, 2.75) is 19.4 Å². The van der Waals surface area contributed by atoms with E-state index in [1.807, 2.05) is 6.07 Å². The first-order chi connectivity index (χ1) is 17.1. The second-order valence-corrected chi connectivity index (χ2v) is 11.8. The summed E-state index contributed by atoms with van der Waals surface area (Å²) in [6, 6.07) is 19.2. The summed E-state index contributed by atoms with van der Waals surface area (Å²) in [6.45, 7) is 4.24. The largest absolute Gasteiger partial charge is 0.439 e. The molecule has 4 rings (SSSR count). The molecule has 3 aromatic rings. The van der Waals surface area contributed by atoms with Crippen LogP contribution in [-0.2, 0) is 6.54 Å². The predicted octanol–water partition coefficient (Wildman–Crippen LogP) is 5.07. The van der Waals surface area contributed by atoms with Crippen LogP contribution >= 0.6 is 0 Å². The Morgan fingerprint density at radius 2 is 1.53 bits per heavy atom. The summed E-state index contributed by atoms with van der Waals surface area (Å²) in [6.07, 6.45) is 10.9. The number of ether oxygens (including phenoxy) is 1. The maximum absolute atomic E-state index is 6.24. The molecule has 0 saturated carbocycles. The Morgan fingerprint density at radius 3 is 2.31 bits per heavy atom. The number of nitrogens with zero attached hydrogens (tertiary/aromatic N) is 4. The van der Waals surface area contributed by atoms with Gasteiger partial charge in [0.05, 0.1) is 72.9 Å². The molecule has 1 aliphatic rings. The summed E-state index contributed by atoms with van der Waals surface area (Å²) < 4.78 is 10.6. The molecule has 0 amide bonds. The van der Waals surface area contributed by atoms with Crippen LogP contribution < -0.4 is 14.2 Å². The third-order valence-corrected chi connectivity index (χ3v) is 6.55. The Bertz CT molecular complexity index is 1250. The van der Waals surface area contributed by atoms with Gasteiger partial charge >= 0.3 is 0 Å². The van der Waals surface area contributed by atoms with Crippen molar-refractivity contribution >= 4 is 22.7 Å². The molecule has 0 unspecified atom stereocenters. The first-order valence-corrected chi connectivity index (χ1v) is 13.1. The Labute approximate surface area is 217 Å². The van der Waals surface area contributed by atoms with E-state index in [1.54, 1.807) is 0 Å². The van der Waals surface area contributed by atoms with Gasteiger partial charge in [0.2, 0.25) is 11.4 Å². The van der Waals surface area contributed by atoms with E-state index in [-0.39, 0.29) is 0 Å². The zero-order valence-corrected chi connectivity index (χ0v) is 22.9. The van der Waals surface area contributed by atoms with E-state index >= 15 is 0 Å². The summed E-state index contributed by atoms with van der Waals surface area (Å²) in [5, 5.41) is 1.27. The number of fused-ring (bicyclic) bond motifs is 2. The van der Waals surface area contributed by atoms with E-state index in [9.17, 15) is 0 Å². The lowest BCUT2D eigenvalue weighted by Gasteiger charge is -2.25. The summed E-state index contributed by atoms with van der Waals surface area (Å²) in [7, 11) is 13.5. The van der Waals surface area contributed by atoms with E-state index in [0.717, 1.165) is 65.3 Å². The normalized spacial score (nSPS) is 15.2. The highest BCUT2D eigenvalue weighted by Gasteiger charge is 2.25. The van der Waals surface area contributed by atoms with Crippen LogP contribution in [0.4, 0.5) is 5.69 Å². The first-order valence-electron chi connectivity index (χ1n) is 13.1. The van der Waals surface area contributed by atoms with Crippen LogP contribution in [0.25, 0.3) is 17.0 Å². The zero-order valence-electron chi connectivity index (χ0n) is 22.9. The number of quaternary nitrogens is 2. The molecule has 2 aromatic carbocycles. The van der Waals surface area contributed by atoms with E-state index in [2.05, 4.69) is 125 Å². The average molecular weight is 488 g/mol. The molecular weight excluding hydrogens is 444 g/mol. The summed E-state index contributed by atoms with van der Waals surface area (Å²) in [5.41, 5.74) is 3.65. The SMILES string of the molecule is C[N+](C)(C)CCCN1C(=CC=Cc2cc[n+](CCC[N+](C)(C)C)c3ccccc23)Oc2ccccc21. The number of hydrogen-bond acceptors (Lipinski definition) is 2. The molecule has 36 heavy (non-hydrogen) atoms. The molecule has 0 radical (unpaired) electrons. The van der Waals surface area contributed by atoms with Gasteiger partial charge in [0, 0.05) is 25.1 Å². The third-order valence-electron chi connectivity index (χ3n) is 6.55. The standard InChI is InChI=1S/C31H43N4O/c1-34(2,3)24-12-21-32-23-20-26(27-15-7-8-16-28(27)32)14-11-19-31-33(22-13-25-35(4,5)6)29-17-9-10-18-30(29)36-31/h7-11,14-20,23H,12-13,21-22,24-25H2,1-6H3/q+3. The van der Waals surface area contributed by atoms with E-state index < -0.39 is 0 Å². The molecule has 1 aliphatic heterocycles. The van der Waals surface area contributed by atoms with Gasteiger partial charge in [0.1, 0.15) is 0 Å². The summed E-state index contributed by atoms with van der Waals surface area (Å²) in [5.74, 6) is 1.83. The van der Waals surface area contributed by atoms with Gasteiger partial charge in [-0.2, -0.15) is 4.57 Å². The Morgan fingerprint density at radius 1 is 0.833 bits per heavy atom. The van der Waals surface area contributed by atoms with Crippen molar-refractivity contribution in [3.05, 3.63) is 84.4 Å². The van der Waals surface area contributed by atoms with Crippen LogP contribution in [0.5, 0.6) is 5.75 Å². The maximum atomic E-state index is 6.24. The van der Waals surface area contributed by atoms with Gasteiger partial charge in [-0.15, -0.1) is 0 Å². The summed E-state index contributed by atoms with van der Waals surface area (Å²) in [4.78, 5) is 2.31. The molecule has 5 nitrogen and oxygen atoms in total. The number of pyridine rings is 1. The first kappa shape index (κ1) is 25.9. The van der Waals surface area contributed by atoms with Crippen LogP contribution in [0, 0.1) is 0 Å². The number of allylic oxidation sites excluding steroid dienone is 2. The van der Waals surface area contributed by atoms with Gasteiger partial charge in [-0.3, -0.25) is 0 Å². The number of rotatable bonds is 10. The highest BCUT2D eigenvalue weighted by Crippen LogP contribution is 2.38. The van der Waals surface area contributed by atoms with Crippen molar-refractivity contribution in [1.29, 1.82) is 0 Å². The van der Waals surface area contributed by atoms with Gasteiger partial charge in [-0.05, 0) is 29.8 Å². The monoisotopic (exact) mass is 487 g/mol. The lowest BCUT2D eigenvalue weighted by Crippen LogP contribution is -2.40. The molecule has 2 heterocycles. The Balaban J connectivity index is 1.54. The summed E-state index contributed by atoms with van der Waals surface area (Å²) >= 11 is 0. The zero-order chi connectivity index (χ0) is 25.8. The van der Waals surface area contributed by atoms with Crippen LogP contribution in [0.2, 0.25) is 0 Å². The van der Waals surface area contributed by atoms with E-state index in [0.29, 0.717) is 0 Å². The minimum Gasteiger partial charge on any atom is -0.439 e. The highest BCUT2D eigenvalue weighted by molar-refractivity contribution is 5.85. The van der Waals surface area contributed by atoms with Gasteiger partial charge < -0.3 is 18.6 Å². The van der Waals surface area contributed by atoms with Crippen LogP contribution in [-0.4, -0.2) is 70.9 Å². The quantitative estimate of drug-likeness (QED) is 0.293. The fraction of sp³-hybridized carbons (Fsp3) is 0.387. The molecule has 190 valence electrons. The highest BCUT2D eigenvalue weighted by atomic mass is 16.5. The molecular formula is C31H43N4O+3. The molecule has 0 bridgehead atoms. The Hall–Kier alpha value is -3.15. The molecule has 0 saturated heterocycles. The smallest absolute Gasteiger partial charge is 0.213 e. The van der Waals surface area contributed by atoms with Crippen molar-refractivity contribution in [2.24, 2.45) is 0 Å². The minimum atomic E-state index is 0.893. The minimum absolute atomic E-state index is 0.893. The topological polar surface area (TPSA) is 16.4 Å². The molecule has 1 aromatic heterocycles. The Kier molecular flexibility index (Phi) is 7.82. The molecule has 0 fully saturated rings. The van der Waals surface area contributed by atoms with Crippen LogP contribution in [0.15, 0.2) is 78.8 Å². The van der Waals surface area contributed by atoms with Crippen molar-refractivity contribution in [3.63, 3.8) is 0 Å². The van der Waals surface area contributed by atoms with Crippen LogP contribution in [0.3, 0.4) is 0 Å². The molecule has 5 heteroatoms. The lowest BCUT2D eigenvalue weighted by molar-refractivity contribution is -0.873. The van der Waals surface area contributed by atoms with Crippen molar-refractivity contribution in [3.8, 4) is 5.75 Å². The number of benzene rings is 2. The van der Waals surface area contributed by atoms with Gasteiger partial charge in [-0.25, -0.2) is 0 Å². The van der Waals surface area contributed by atoms with E-state index in [4.69, 9.17) is 4.74 Å². The van der Waals surface area contributed by atoms with Gasteiger partial charge in [0.15, 0.2) is 18.5 Å². The third kappa shape index (κ3) is 6.74. The lowest BCUT2D eigenvalue weighted by atomic mass is 10.1. The second kappa shape index (κ2) is 10.9. The molecule has 0 N–H and O–H groups in total. The number of aromatic nitrogens is 1. The number of hydrogen-bond donors (Lipinski definition) is 0. The fourth-order valence-corrected chi connectivity index (χ4v) is 4.71. The van der Waals surface area contributed by atoms with Crippen molar-refractivity contribution in [2.75, 3.05) is 66.8 Å². The van der Waals surface area contributed by atoms with E-state index in [1.165, 1.54) is 16.5 Å².